The first-order chi connectivity index (χ1) is 7.58. The van der Waals surface area contributed by atoms with Crippen molar-refractivity contribution in [2.24, 2.45) is 5.73 Å². The Balaban J connectivity index is 3.21. The number of allylic oxidation sites excluding steroid dienone is 1. The first-order valence-electron chi connectivity index (χ1n) is 4.40. The highest BCUT2D eigenvalue weighted by Gasteiger charge is 2.09. The van der Waals surface area contributed by atoms with E-state index in [4.69, 9.17) is 15.4 Å². The van der Waals surface area contributed by atoms with Crippen molar-refractivity contribution in [2.45, 2.75) is 0 Å². The molecule has 1 aromatic carbocycles. The molecule has 1 rings (SSSR count). The zero-order valence-corrected chi connectivity index (χ0v) is 8.60. The van der Waals surface area contributed by atoms with Crippen LogP contribution < -0.4 is 5.73 Å². The summed E-state index contributed by atoms with van der Waals surface area (Å²) >= 11 is 0. The number of phenolic OH excluding ortho intramolecular Hbond substituents is 1. The van der Waals surface area contributed by atoms with E-state index in [9.17, 15) is 5.11 Å². The first-order valence-corrected chi connectivity index (χ1v) is 4.40. The molecule has 1 aromatic rings. The number of nitrogens with zero attached hydrogens (tertiary/aromatic N) is 1. The van der Waals surface area contributed by atoms with Gasteiger partial charge in [0.15, 0.2) is 0 Å². The van der Waals surface area contributed by atoms with E-state index in [1.165, 1.54) is 6.07 Å². The highest BCUT2D eigenvalue weighted by Crippen LogP contribution is 2.27. The van der Waals surface area contributed by atoms with Crippen LogP contribution in [0.5, 0.6) is 11.5 Å². The normalized spacial score (nSPS) is 10.6. The number of nitrogens with two attached hydrogens (primary N) is 1. The topological polar surface area (TPSA) is 81.3 Å². The van der Waals surface area contributed by atoms with Gasteiger partial charge in [-0.1, -0.05) is 12.6 Å². The minimum absolute atomic E-state index is 0.0165. The monoisotopic (exact) mass is 215 g/mol. The molecule has 0 radical (unpaired) electrons. The third-order valence-corrected chi connectivity index (χ3v) is 1.92. The predicted octanol–water partition coefficient (Wildman–Crippen LogP) is 1.85. The maximum Gasteiger partial charge on any atom is 0.393 e. The van der Waals surface area contributed by atoms with Crippen molar-refractivity contribution in [1.82, 2.24) is 0 Å². The Morgan fingerprint density at radius 2 is 2.25 bits per heavy atom. The lowest BCUT2D eigenvalue weighted by Crippen LogP contribution is -1.96. The molecule has 0 aliphatic rings. The number of nitriles is 1. The fraction of sp³-hybridized carbons (Fsp3) is 0. The maximum absolute atomic E-state index is 9.34. The second-order valence-corrected chi connectivity index (χ2v) is 3.07. The zero-order valence-electron chi connectivity index (χ0n) is 8.60. The van der Waals surface area contributed by atoms with Crippen molar-refractivity contribution in [3.8, 4) is 17.6 Å². The van der Waals surface area contributed by atoms with Crippen LogP contribution in [0, 0.1) is 11.3 Å². The van der Waals surface area contributed by atoms with Gasteiger partial charge in [0, 0.05) is 5.70 Å². The molecule has 0 aromatic heterocycles. The highest BCUT2D eigenvalue weighted by atomic mass is 16.4. The molecule has 0 bridgehead atoms. The maximum atomic E-state index is 9.34. The number of phenols is 1. The fourth-order valence-electron chi connectivity index (χ4n) is 1.10. The van der Waals surface area contributed by atoms with Crippen molar-refractivity contribution >= 4 is 12.9 Å². The zero-order chi connectivity index (χ0) is 12.1. The summed E-state index contributed by atoms with van der Waals surface area (Å²) < 4.78 is 4.70. The van der Waals surface area contributed by atoms with E-state index in [1.807, 2.05) is 6.07 Å². The van der Waals surface area contributed by atoms with Gasteiger partial charge in [0.05, 0.1) is 11.6 Å². The summed E-state index contributed by atoms with van der Waals surface area (Å²) in [5, 5.41) is 18.1. The number of hydrogen-bond donors (Lipinski definition) is 2. The molecule has 80 valence electrons. The third-order valence-electron chi connectivity index (χ3n) is 1.92. The summed E-state index contributed by atoms with van der Waals surface area (Å²) in [6.45, 7) is 6.68. The Bertz CT molecular complexity index is 510. The molecule has 0 unspecified atom stereocenters. The van der Waals surface area contributed by atoms with Crippen LogP contribution in [0.1, 0.15) is 5.56 Å². The molecule has 0 saturated carbocycles. The molecule has 0 saturated heterocycles. The Morgan fingerprint density at radius 1 is 1.56 bits per heavy atom. The van der Waals surface area contributed by atoms with Gasteiger partial charge < -0.3 is 10.8 Å². The molecule has 3 N–H and O–H groups in total. The van der Waals surface area contributed by atoms with Crippen LogP contribution in [-0.4, -0.2) is 11.9 Å². The van der Waals surface area contributed by atoms with E-state index < -0.39 is 0 Å². The number of aromatic hydroxyl groups is 1. The lowest BCUT2D eigenvalue weighted by atomic mass is 10.1. The van der Waals surface area contributed by atoms with Crippen LogP contribution >= 0.6 is 0 Å². The predicted molar refractivity (Wildman–Crippen MR) is 61.6 cm³/mol. The summed E-state index contributed by atoms with van der Waals surface area (Å²) in [5.74, 6) is 0.214. The quantitative estimate of drug-likeness (QED) is 0.458. The Hall–Kier alpha value is -2.54. The lowest BCUT2D eigenvalue weighted by Gasteiger charge is -1.97. The Kier molecular flexibility index (Phi) is 3.46. The van der Waals surface area contributed by atoms with Crippen LogP contribution in [0.25, 0.3) is 6.08 Å². The molecule has 0 spiro atoms. The molecular weight excluding hydrogens is 204 g/mol. The summed E-state index contributed by atoms with van der Waals surface area (Å²) in [7, 11) is 0. The molecule has 0 aliphatic heterocycles. The van der Waals surface area contributed by atoms with Gasteiger partial charge in [0.25, 0.3) is 6.79 Å². The van der Waals surface area contributed by atoms with Crippen LogP contribution in [-0.2, 0) is 4.42 Å². The first kappa shape index (κ1) is 11.5. The van der Waals surface area contributed by atoms with Gasteiger partial charge in [-0.3, -0.25) is 0 Å². The van der Waals surface area contributed by atoms with E-state index in [-0.39, 0.29) is 22.8 Å². The fourth-order valence-corrected chi connectivity index (χ4v) is 1.10. The molecule has 0 atom stereocenters. The standard InChI is InChI=1S/C12H10N2O2/c1-8(14)10(7-13)5-9-3-4-11(15)12(6-9)16-2/h3-6H,1-2,14H2/p+1/b10-5+. The number of carbonyl (C=O) groups excluding carboxylic acids is 1. The van der Waals surface area contributed by atoms with E-state index in [2.05, 4.69) is 13.4 Å². The van der Waals surface area contributed by atoms with E-state index in [0.717, 1.165) is 0 Å². The molecule has 4 heteroatoms. The van der Waals surface area contributed by atoms with Gasteiger partial charge in [0.1, 0.15) is 6.07 Å². The summed E-state index contributed by atoms with van der Waals surface area (Å²) in [6, 6.07) is 6.53. The van der Waals surface area contributed by atoms with Gasteiger partial charge in [-0.25, -0.2) is 4.42 Å². The van der Waals surface area contributed by atoms with Crippen LogP contribution in [0.2, 0.25) is 0 Å². The van der Waals surface area contributed by atoms with Crippen molar-refractivity contribution in [1.29, 1.82) is 5.26 Å². The number of rotatable bonds is 3. The molecule has 0 aliphatic carbocycles. The molecule has 0 fully saturated rings. The van der Waals surface area contributed by atoms with Gasteiger partial charge in [-0.2, -0.15) is 5.26 Å². The summed E-state index contributed by atoms with van der Waals surface area (Å²) in [4.78, 5) is 0. The van der Waals surface area contributed by atoms with Crippen molar-refractivity contribution < 1.29 is 9.53 Å². The van der Waals surface area contributed by atoms with Gasteiger partial charge in [0.2, 0.25) is 5.75 Å². The number of benzene rings is 1. The minimum atomic E-state index is -0.0165. The largest absolute Gasteiger partial charge is 0.500 e. The summed E-state index contributed by atoms with van der Waals surface area (Å²) in [6.07, 6.45) is 1.55. The molecule has 4 nitrogen and oxygen atoms in total. The molecule has 0 amide bonds. The van der Waals surface area contributed by atoms with Crippen molar-refractivity contribution in [2.75, 3.05) is 0 Å². The Morgan fingerprint density at radius 3 is 2.75 bits per heavy atom. The molecular formula is C12H11N2O2+. The minimum Gasteiger partial charge on any atom is -0.500 e. The molecule has 16 heavy (non-hydrogen) atoms. The van der Waals surface area contributed by atoms with E-state index in [0.29, 0.717) is 5.56 Å². The lowest BCUT2D eigenvalue weighted by molar-refractivity contribution is -0.356. The van der Waals surface area contributed by atoms with E-state index >= 15 is 0 Å². The van der Waals surface area contributed by atoms with Gasteiger partial charge >= 0.3 is 5.75 Å². The number of hydrogen-bond acceptors (Lipinski definition) is 3. The highest BCUT2D eigenvalue weighted by molar-refractivity contribution is 5.64. The average Bonchev–Trinajstić information content (AvgIpc) is 2.27. The van der Waals surface area contributed by atoms with Crippen molar-refractivity contribution in [3.63, 3.8) is 0 Å². The average molecular weight is 215 g/mol. The van der Waals surface area contributed by atoms with Gasteiger partial charge in [-0.15, -0.1) is 0 Å². The second-order valence-electron chi connectivity index (χ2n) is 3.07. The van der Waals surface area contributed by atoms with Crippen LogP contribution in [0.15, 0.2) is 36.0 Å². The second kappa shape index (κ2) is 4.80. The van der Waals surface area contributed by atoms with Gasteiger partial charge in [-0.05, 0) is 17.7 Å². The van der Waals surface area contributed by atoms with Crippen LogP contribution in [0.3, 0.4) is 0 Å². The third kappa shape index (κ3) is 2.49. The van der Waals surface area contributed by atoms with Crippen LogP contribution in [0.4, 0.5) is 0 Å². The van der Waals surface area contributed by atoms with Crippen molar-refractivity contribution in [3.05, 3.63) is 41.6 Å². The summed E-state index contributed by atoms with van der Waals surface area (Å²) in [5.41, 5.74) is 6.54. The SMILES string of the molecule is C=[O+]c1cc(/C=C(\C#N)C(=C)N)ccc1O. The molecule has 0 heterocycles. The smallest absolute Gasteiger partial charge is 0.393 e. The van der Waals surface area contributed by atoms with E-state index in [1.54, 1.807) is 18.2 Å². The Labute approximate surface area is 93.2 Å².